The predicted molar refractivity (Wildman–Crippen MR) is 75.1 cm³/mol. The maximum absolute atomic E-state index is 5.24. The van der Waals surface area contributed by atoms with E-state index in [-0.39, 0.29) is 0 Å². The lowest BCUT2D eigenvalue weighted by molar-refractivity contribution is 0.322. The van der Waals surface area contributed by atoms with Gasteiger partial charge < -0.3 is 4.52 Å². The van der Waals surface area contributed by atoms with E-state index in [0.29, 0.717) is 5.92 Å². The average molecular weight is 256 g/mol. The summed E-state index contributed by atoms with van der Waals surface area (Å²) in [4.78, 5) is 2.50. The average Bonchev–Trinajstić information content (AvgIpc) is 3.02. The first-order chi connectivity index (χ1) is 9.24. The summed E-state index contributed by atoms with van der Waals surface area (Å²) in [5.41, 5.74) is 3.75. The molecule has 1 saturated heterocycles. The van der Waals surface area contributed by atoms with Gasteiger partial charge in [-0.15, -0.1) is 0 Å². The van der Waals surface area contributed by atoms with E-state index in [9.17, 15) is 0 Å². The molecule has 19 heavy (non-hydrogen) atoms. The molecule has 3 heteroatoms. The maximum Gasteiger partial charge on any atom is 0.138 e. The summed E-state index contributed by atoms with van der Waals surface area (Å²) in [5, 5.41) is 4.03. The molecule has 0 unspecified atom stereocenters. The zero-order valence-corrected chi connectivity index (χ0v) is 11.6. The first kappa shape index (κ1) is 12.4. The number of likely N-dealkylation sites (tertiary alicyclic amines) is 1. The van der Waals surface area contributed by atoms with E-state index < -0.39 is 0 Å². The van der Waals surface area contributed by atoms with E-state index in [1.165, 1.54) is 17.5 Å². The third-order valence-electron chi connectivity index (χ3n) is 4.11. The minimum Gasteiger partial charge on any atom is -0.361 e. The number of benzene rings is 1. The van der Waals surface area contributed by atoms with Gasteiger partial charge in [0.05, 0.1) is 5.69 Å². The quantitative estimate of drug-likeness (QED) is 0.844. The van der Waals surface area contributed by atoms with E-state index in [2.05, 4.69) is 40.4 Å². The molecule has 1 fully saturated rings. The molecule has 3 rings (SSSR count). The van der Waals surface area contributed by atoms with Crippen LogP contribution in [0.25, 0.3) is 0 Å². The molecule has 2 heterocycles. The van der Waals surface area contributed by atoms with E-state index >= 15 is 0 Å². The zero-order valence-electron chi connectivity index (χ0n) is 11.6. The number of hydrogen-bond donors (Lipinski definition) is 0. The Kier molecular flexibility index (Phi) is 3.38. The van der Waals surface area contributed by atoms with Gasteiger partial charge in [0, 0.05) is 18.7 Å². The fraction of sp³-hybridized carbons (Fsp3) is 0.438. The highest BCUT2D eigenvalue weighted by Crippen LogP contribution is 2.28. The zero-order chi connectivity index (χ0) is 13.2. The van der Waals surface area contributed by atoms with Crippen LogP contribution in [0.15, 0.2) is 34.9 Å². The molecule has 1 aliphatic rings. The van der Waals surface area contributed by atoms with Crippen LogP contribution in [0.4, 0.5) is 0 Å². The number of aryl methyl sites for hydroxylation is 2. The Morgan fingerprint density at radius 2 is 2.05 bits per heavy atom. The van der Waals surface area contributed by atoms with Gasteiger partial charge in [0.15, 0.2) is 0 Å². The Balaban J connectivity index is 1.67. The number of hydrogen-bond acceptors (Lipinski definition) is 3. The highest BCUT2D eigenvalue weighted by atomic mass is 16.5. The molecule has 0 spiro atoms. The largest absolute Gasteiger partial charge is 0.361 e. The summed E-state index contributed by atoms with van der Waals surface area (Å²) in [5.74, 6) is 1.63. The summed E-state index contributed by atoms with van der Waals surface area (Å²) in [6.07, 6.45) is 1.24. The molecular weight excluding hydrogens is 236 g/mol. The van der Waals surface area contributed by atoms with Gasteiger partial charge in [0.2, 0.25) is 0 Å². The second-order valence-corrected chi connectivity index (χ2v) is 5.43. The summed E-state index contributed by atoms with van der Waals surface area (Å²) in [6.45, 7) is 7.28. The van der Waals surface area contributed by atoms with E-state index in [1.54, 1.807) is 0 Å². The van der Waals surface area contributed by atoms with E-state index in [1.807, 2.05) is 13.8 Å². The molecule has 3 nitrogen and oxygen atoms in total. The Morgan fingerprint density at radius 1 is 1.26 bits per heavy atom. The number of aromatic nitrogens is 1. The maximum atomic E-state index is 5.24. The van der Waals surface area contributed by atoms with Crippen LogP contribution in [0, 0.1) is 13.8 Å². The summed E-state index contributed by atoms with van der Waals surface area (Å²) < 4.78 is 5.24. The van der Waals surface area contributed by atoms with Crippen LogP contribution in [0.3, 0.4) is 0 Å². The molecule has 0 N–H and O–H groups in total. The van der Waals surface area contributed by atoms with Crippen molar-refractivity contribution in [2.24, 2.45) is 0 Å². The van der Waals surface area contributed by atoms with Crippen LogP contribution in [-0.2, 0) is 6.54 Å². The van der Waals surface area contributed by atoms with Crippen LogP contribution in [0.1, 0.15) is 34.9 Å². The Morgan fingerprint density at radius 3 is 2.74 bits per heavy atom. The molecular formula is C16H20N2O. The topological polar surface area (TPSA) is 29.3 Å². The lowest BCUT2D eigenvalue weighted by Gasteiger charge is -2.16. The minimum atomic E-state index is 0.668. The highest BCUT2D eigenvalue weighted by Gasteiger charge is 2.25. The van der Waals surface area contributed by atoms with Crippen molar-refractivity contribution in [3.8, 4) is 0 Å². The van der Waals surface area contributed by atoms with Gasteiger partial charge >= 0.3 is 0 Å². The van der Waals surface area contributed by atoms with Crippen LogP contribution >= 0.6 is 0 Å². The van der Waals surface area contributed by atoms with Crippen molar-refractivity contribution in [2.45, 2.75) is 32.7 Å². The third kappa shape index (κ3) is 2.56. The van der Waals surface area contributed by atoms with Crippen molar-refractivity contribution in [3.63, 3.8) is 0 Å². The fourth-order valence-corrected chi connectivity index (χ4v) is 2.92. The van der Waals surface area contributed by atoms with Gasteiger partial charge in [-0.2, -0.15) is 0 Å². The first-order valence-electron chi connectivity index (χ1n) is 6.93. The normalized spacial score (nSPS) is 20.0. The summed E-state index contributed by atoms with van der Waals surface area (Å²) in [6, 6.07) is 10.8. The molecule has 0 bridgehead atoms. The minimum absolute atomic E-state index is 0.668. The molecule has 0 radical (unpaired) electrons. The number of nitrogens with zero attached hydrogens (tertiary/aromatic N) is 2. The molecule has 1 aromatic carbocycles. The molecule has 0 saturated carbocycles. The molecule has 0 amide bonds. The fourth-order valence-electron chi connectivity index (χ4n) is 2.92. The van der Waals surface area contributed by atoms with Crippen molar-refractivity contribution >= 4 is 0 Å². The standard InChI is InChI=1S/C16H20N2O/c1-12-16(13(2)19-17-12)11-18-9-8-15(10-18)14-6-4-3-5-7-14/h3-7,15H,8-11H2,1-2H3/t15-/m0/s1. The van der Waals surface area contributed by atoms with Crippen molar-refractivity contribution in [2.75, 3.05) is 13.1 Å². The molecule has 1 aromatic heterocycles. The smallest absolute Gasteiger partial charge is 0.138 e. The second-order valence-electron chi connectivity index (χ2n) is 5.43. The summed E-state index contributed by atoms with van der Waals surface area (Å²) >= 11 is 0. The molecule has 100 valence electrons. The third-order valence-corrected chi connectivity index (χ3v) is 4.11. The first-order valence-corrected chi connectivity index (χ1v) is 6.93. The number of rotatable bonds is 3. The predicted octanol–water partition coefficient (Wildman–Crippen LogP) is 3.28. The molecule has 1 aliphatic heterocycles. The van der Waals surface area contributed by atoms with Crippen molar-refractivity contribution < 1.29 is 4.52 Å². The van der Waals surface area contributed by atoms with Gasteiger partial charge in [0.1, 0.15) is 5.76 Å². The van der Waals surface area contributed by atoms with Crippen LogP contribution in [0.2, 0.25) is 0 Å². The molecule has 1 atom stereocenters. The van der Waals surface area contributed by atoms with Gasteiger partial charge in [-0.05, 0) is 38.3 Å². The van der Waals surface area contributed by atoms with Crippen LogP contribution in [-0.4, -0.2) is 23.1 Å². The second kappa shape index (κ2) is 5.17. The van der Waals surface area contributed by atoms with Crippen LogP contribution < -0.4 is 0 Å². The summed E-state index contributed by atoms with van der Waals surface area (Å²) in [7, 11) is 0. The lowest BCUT2D eigenvalue weighted by atomic mass is 9.99. The van der Waals surface area contributed by atoms with Crippen LogP contribution in [0.5, 0.6) is 0 Å². The molecule has 0 aliphatic carbocycles. The van der Waals surface area contributed by atoms with Gasteiger partial charge in [-0.3, -0.25) is 4.90 Å². The lowest BCUT2D eigenvalue weighted by Crippen LogP contribution is -2.20. The Labute approximate surface area is 114 Å². The van der Waals surface area contributed by atoms with Gasteiger partial charge in [-0.1, -0.05) is 35.5 Å². The monoisotopic (exact) mass is 256 g/mol. The van der Waals surface area contributed by atoms with Crippen molar-refractivity contribution in [3.05, 3.63) is 52.9 Å². The van der Waals surface area contributed by atoms with Crippen molar-refractivity contribution in [1.29, 1.82) is 0 Å². The van der Waals surface area contributed by atoms with Gasteiger partial charge in [-0.25, -0.2) is 0 Å². The Bertz CT molecular complexity index is 528. The molecule has 2 aromatic rings. The Hall–Kier alpha value is -1.61. The highest BCUT2D eigenvalue weighted by molar-refractivity contribution is 5.23. The SMILES string of the molecule is Cc1noc(C)c1CN1CC[C@H](c2ccccc2)C1. The van der Waals surface area contributed by atoms with Gasteiger partial charge in [0.25, 0.3) is 0 Å². The van der Waals surface area contributed by atoms with E-state index in [4.69, 9.17) is 4.52 Å². The van der Waals surface area contributed by atoms with E-state index in [0.717, 1.165) is 31.1 Å². The van der Waals surface area contributed by atoms with Crippen molar-refractivity contribution in [1.82, 2.24) is 10.1 Å².